The lowest BCUT2D eigenvalue weighted by Gasteiger charge is -1.85. The molecule has 0 aromatic carbocycles. The molecule has 0 aromatic rings. The maximum absolute atomic E-state index is 3.70. The summed E-state index contributed by atoms with van der Waals surface area (Å²) in [6.07, 6.45) is 1.25. The number of rotatable bonds is 3. The Bertz CT molecular complexity index is 17.5. The summed E-state index contributed by atoms with van der Waals surface area (Å²) in [6.45, 7) is 2.30. The molecular weight excluding hydrogens is 76.1 g/mol. The van der Waals surface area contributed by atoms with Gasteiger partial charge in [0, 0.05) is 6.42 Å². The third-order valence-electron chi connectivity index (χ3n) is 0.743. The first-order valence-electron chi connectivity index (χ1n) is 2.49. The van der Waals surface area contributed by atoms with Crippen LogP contribution < -0.4 is 11.1 Å². The molecule has 0 unspecified atom stereocenters. The van der Waals surface area contributed by atoms with E-state index >= 15 is 0 Å². The molecule has 0 radical (unpaired) electrons. The van der Waals surface area contributed by atoms with Crippen molar-refractivity contribution in [3.63, 3.8) is 0 Å². The molecule has 2 nitrogen and oxygen atoms in total. The molecule has 0 aliphatic rings. The third kappa shape index (κ3) is 3.92. The van der Waals surface area contributed by atoms with Crippen LogP contribution in [0.15, 0.2) is 0 Å². The minimum absolute atomic E-state index is 1.07. The topological polar surface area (TPSA) is 44.2 Å². The van der Waals surface area contributed by atoms with E-state index in [0.29, 0.717) is 0 Å². The second kappa shape index (κ2) is 4.92. The molecule has 0 aliphatic carbocycles. The van der Waals surface area contributed by atoms with Crippen LogP contribution in [0.2, 0.25) is 0 Å². The SMILES string of the molecule is C[NH2+]CCC[NH3+]. The Morgan fingerprint density at radius 1 is 1.67 bits per heavy atom. The van der Waals surface area contributed by atoms with Crippen molar-refractivity contribution in [2.24, 2.45) is 0 Å². The van der Waals surface area contributed by atoms with E-state index in [4.69, 9.17) is 0 Å². The highest BCUT2D eigenvalue weighted by Crippen LogP contribution is 1.54. The van der Waals surface area contributed by atoms with Gasteiger partial charge in [0.2, 0.25) is 0 Å². The molecule has 38 valence electrons. The van der Waals surface area contributed by atoms with Gasteiger partial charge in [-0.2, -0.15) is 0 Å². The first-order valence-corrected chi connectivity index (χ1v) is 2.49. The van der Waals surface area contributed by atoms with Gasteiger partial charge in [0.05, 0.1) is 20.1 Å². The van der Waals surface area contributed by atoms with Gasteiger partial charge in [-0.1, -0.05) is 0 Å². The number of quaternary nitrogens is 2. The van der Waals surface area contributed by atoms with Gasteiger partial charge in [0.15, 0.2) is 0 Å². The molecule has 0 aromatic heterocycles. The zero-order valence-electron chi connectivity index (χ0n) is 4.41. The summed E-state index contributed by atoms with van der Waals surface area (Å²) in [6, 6.07) is 0. The summed E-state index contributed by atoms with van der Waals surface area (Å²) in [4.78, 5) is 0. The highest BCUT2D eigenvalue weighted by Gasteiger charge is 1.79. The molecule has 5 N–H and O–H groups in total. The average Bonchev–Trinajstić information content (AvgIpc) is 1.61. The van der Waals surface area contributed by atoms with Crippen LogP contribution in [0.5, 0.6) is 0 Å². The van der Waals surface area contributed by atoms with Crippen molar-refractivity contribution < 1.29 is 11.1 Å². The average molecular weight is 90.2 g/mol. The number of hydrogen-bond acceptors (Lipinski definition) is 0. The van der Waals surface area contributed by atoms with E-state index in [1.54, 1.807) is 0 Å². The van der Waals surface area contributed by atoms with Gasteiger partial charge >= 0.3 is 0 Å². The van der Waals surface area contributed by atoms with Crippen LogP contribution >= 0.6 is 0 Å². The first kappa shape index (κ1) is 5.92. The van der Waals surface area contributed by atoms with Crippen LogP contribution in [0.3, 0.4) is 0 Å². The molecule has 0 rings (SSSR count). The van der Waals surface area contributed by atoms with Crippen molar-refractivity contribution in [1.29, 1.82) is 0 Å². The van der Waals surface area contributed by atoms with Crippen molar-refractivity contribution in [2.75, 3.05) is 20.1 Å². The molecule has 0 saturated carbocycles. The van der Waals surface area contributed by atoms with Crippen molar-refractivity contribution in [1.82, 2.24) is 0 Å². The Hall–Kier alpha value is -0.0800. The lowest BCUT2D eigenvalue weighted by atomic mass is 10.4. The van der Waals surface area contributed by atoms with Crippen LogP contribution in [-0.2, 0) is 0 Å². The summed E-state index contributed by atoms with van der Waals surface area (Å²) < 4.78 is 0. The molecular formula is C4H14N2+2. The quantitative estimate of drug-likeness (QED) is 0.370. The summed E-state index contributed by atoms with van der Waals surface area (Å²) >= 11 is 0. The Morgan fingerprint density at radius 3 is 2.50 bits per heavy atom. The fourth-order valence-electron chi connectivity index (χ4n) is 0.348. The normalized spacial score (nSPS) is 9.00. The lowest BCUT2D eigenvalue weighted by molar-refractivity contribution is -0.629. The Kier molecular flexibility index (Phi) is 4.85. The number of nitrogens with two attached hydrogens (primary N) is 1. The van der Waals surface area contributed by atoms with Crippen LogP contribution in [0.1, 0.15) is 6.42 Å². The molecule has 0 atom stereocenters. The maximum Gasteiger partial charge on any atom is 0.0807 e. The second-order valence-corrected chi connectivity index (χ2v) is 1.40. The predicted octanol–water partition coefficient (Wildman–Crippen LogP) is -2.19. The summed E-state index contributed by atoms with van der Waals surface area (Å²) in [5.74, 6) is 0. The maximum atomic E-state index is 3.70. The van der Waals surface area contributed by atoms with Crippen molar-refractivity contribution in [2.45, 2.75) is 6.42 Å². The van der Waals surface area contributed by atoms with Crippen molar-refractivity contribution >= 4 is 0 Å². The van der Waals surface area contributed by atoms with Crippen LogP contribution in [0.4, 0.5) is 0 Å². The molecule has 0 spiro atoms. The van der Waals surface area contributed by atoms with Crippen molar-refractivity contribution in [3.05, 3.63) is 0 Å². The molecule has 0 saturated heterocycles. The smallest absolute Gasteiger partial charge is 0.0807 e. The monoisotopic (exact) mass is 90.1 g/mol. The third-order valence-corrected chi connectivity index (χ3v) is 0.743. The van der Waals surface area contributed by atoms with Crippen LogP contribution in [-0.4, -0.2) is 20.1 Å². The molecule has 0 fully saturated rings. The van der Waals surface area contributed by atoms with E-state index in [9.17, 15) is 0 Å². The minimum Gasteiger partial charge on any atom is -0.357 e. The Morgan fingerprint density at radius 2 is 2.33 bits per heavy atom. The first-order chi connectivity index (χ1) is 2.91. The molecule has 2 heteroatoms. The van der Waals surface area contributed by atoms with Gasteiger partial charge in [0.1, 0.15) is 0 Å². The molecule has 0 amide bonds. The molecule has 0 bridgehead atoms. The van der Waals surface area contributed by atoms with E-state index in [1.165, 1.54) is 13.0 Å². The molecule has 0 heterocycles. The predicted molar refractivity (Wildman–Crippen MR) is 25.1 cm³/mol. The van der Waals surface area contributed by atoms with Gasteiger partial charge in [-0.05, 0) is 0 Å². The summed E-state index contributed by atoms with van der Waals surface area (Å²) in [5.41, 5.74) is 3.70. The van der Waals surface area contributed by atoms with Crippen molar-refractivity contribution in [3.8, 4) is 0 Å². The highest BCUT2D eigenvalue weighted by molar-refractivity contribution is 4.20. The molecule has 0 aliphatic heterocycles. The zero-order chi connectivity index (χ0) is 4.83. The standard InChI is InChI=1S/C4H12N2/c1-6-4-2-3-5/h6H,2-5H2,1H3/p+2. The summed E-state index contributed by atoms with van der Waals surface area (Å²) in [5, 5.41) is 2.17. The highest BCUT2D eigenvalue weighted by atomic mass is 14.8. The lowest BCUT2D eigenvalue weighted by Crippen LogP contribution is -2.80. The number of hydrogen-bond donors (Lipinski definition) is 2. The van der Waals surface area contributed by atoms with Gasteiger partial charge in [-0.15, -0.1) is 0 Å². The van der Waals surface area contributed by atoms with E-state index in [1.807, 2.05) is 0 Å². The van der Waals surface area contributed by atoms with Gasteiger partial charge in [0.25, 0.3) is 0 Å². The van der Waals surface area contributed by atoms with Gasteiger partial charge in [-0.3, -0.25) is 0 Å². The van der Waals surface area contributed by atoms with Gasteiger partial charge in [-0.25, -0.2) is 0 Å². The Balaban J connectivity index is 2.34. The van der Waals surface area contributed by atoms with E-state index in [-0.39, 0.29) is 0 Å². The van der Waals surface area contributed by atoms with Crippen LogP contribution in [0.25, 0.3) is 0 Å². The van der Waals surface area contributed by atoms with Gasteiger partial charge < -0.3 is 11.1 Å². The largest absolute Gasteiger partial charge is 0.357 e. The summed E-state index contributed by atoms with van der Waals surface area (Å²) in [7, 11) is 2.08. The fraction of sp³-hybridized carbons (Fsp3) is 1.00. The second-order valence-electron chi connectivity index (χ2n) is 1.40. The Labute approximate surface area is 38.7 Å². The van der Waals surface area contributed by atoms with Crippen LogP contribution in [0, 0.1) is 0 Å². The van der Waals surface area contributed by atoms with E-state index < -0.39 is 0 Å². The van der Waals surface area contributed by atoms with E-state index in [2.05, 4.69) is 18.1 Å². The molecule has 6 heavy (non-hydrogen) atoms. The zero-order valence-corrected chi connectivity index (χ0v) is 4.41. The fourth-order valence-corrected chi connectivity index (χ4v) is 0.348. The minimum atomic E-state index is 1.07. The van der Waals surface area contributed by atoms with E-state index in [0.717, 1.165) is 6.54 Å².